The summed E-state index contributed by atoms with van der Waals surface area (Å²) in [5.74, 6) is 1.22. The van der Waals surface area contributed by atoms with Crippen molar-refractivity contribution in [2.75, 3.05) is 32.5 Å². The van der Waals surface area contributed by atoms with E-state index in [1.165, 1.54) is 18.5 Å². The van der Waals surface area contributed by atoms with Crippen LogP contribution in [-0.2, 0) is 0 Å². The molecule has 4 N–H and O–H groups in total. The molecule has 1 aromatic heterocycles. The van der Waals surface area contributed by atoms with Crippen LogP contribution in [0.1, 0.15) is 12.0 Å². The lowest BCUT2D eigenvalue weighted by Crippen LogP contribution is -2.28. The summed E-state index contributed by atoms with van der Waals surface area (Å²) in [5.41, 5.74) is 10.9. The highest BCUT2D eigenvalue weighted by Crippen LogP contribution is 2.33. The van der Waals surface area contributed by atoms with E-state index < -0.39 is 0 Å². The van der Waals surface area contributed by atoms with Gasteiger partial charge in [-0.1, -0.05) is 23.7 Å². The van der Waals surface area contributed by atoms with Gasteiger partial charge in [0, 0.05) is 23.7 Å². The van der Waals surface area contributed by atoms with Gasteiger partial charge in [0.1, 0.15) is 29.5 Å². The van der Waals surface area contributed by atoms with Crippen LogP contribution < -0.4 is 21.2 Å². The van der Waals surface area contributed by atoms with Crippen LogP contribution in [0.2, 0.25) is 5.02 Å². The van der Waals surface area contributed by atoms with Crippen LogP contribution in [0.15, 0.2) is 77.1 Å². The largest absolute Gasteiger partial charge is 0.456 e. The van der Waals surface area contributed by atoms with Crippen molar-refractivity contribution in [1.82, 2.24) is 20.3 Å². The molecule has 11 heteroatoms. The molecule has 38 heavy (non-hydrogen) atoms. The van der Waals surface area contributed by atoms with Crippen molar-refractivity contribution in [3.63, 3.8) is 0 Å². The van der Waals surface area contributed by atoms with Crippen molar-refractivity contribution in [2.24, 2.45) is 15.8 Å². The first-order chi connectivity index (χ1) is 18.4. The van der Waals surface area contributed by atoms with E-state index in [-0.39, 0.29) is 11.8 Å². The maximum absolute atomic E-state index is 13.5. The van der Waals surface area contributed by atoms with Crippen LogP contribution in [0.5, 0.6) is 11.5 Å². The number of fused-ring (bicyclic) bond motifs is 1. The Morgan fingerprint density at radius 1 is 1.13 bits per heavy atom. The van der Waals surface area contributed by atoms with E-state index >= 15 is 0 Å². The van der Waals surface area contributed by atoms with Crippen molar-refractivity contribution in [1.29, 1.82) is 0 Å². The molecule has 9 nitrogen and oxygen atoms in total. The number of nitrogens with zero attached hydrogens (tertiary/aromatic N) is 5. The number of benzene rings is 3. The van der Waals surface area contributed by atoms with E-state index in [1.807, 2.05) is 32.3 Å². The summed E-state index contributed by atoms with van der Waals surface area (Å²) in [6, 6.07) is 16.8. The van der Waals surface area contributed by atoms with Crippen LogP contribution in [0.3, 0.4) is 0 Å². The number of halogens is 2. The van der Waals surface area contributed by atoms with E-state index in [1.54, 1.807) is 36.5 Å². The second kappa shape index (κ2) is 12.8. The Labute approximate surface area is 225 Å². The summed E-state index contributed by atoms with van der Waals surface area (Å²) >= 11 is 6.43. The van der Waals surface area contributed by atoms with Gasteiger partial charge in [-0.25, -0.2) is 19.8 Å². The molecule has 0 aliphatic rings. The molecular formula is C27H28ClFN8O. The van der Waals surface area contributed by atoms with Crippen molar-refractivity contribution in [2.45, 2.75) is 6.42 Å². The molecule has 0 aliphatic heterocycles. The number of aromatic nitrogens is 2. The standard InChI is InChI=1S/C27H28ClFN8O/c1-37(2)12-4-11-31-27(30)36-34-16-18-7-9-24-22(13-18)26(33-17-32-24)35-20-8-10-25(23(28)15-20)38-21-6-3-5-19(29)14-21/h3,5-10,13-17H,4,11-12H2,1-2H3,(H3,30,31,36)(H,32,33,35). The number of aliphatic imine (C=N–C) groups is 1. The maximum Gasteiger partial charge on any atom is 0.209 e. The van der Waals surface area contributed by atoms with E-state index in [2.05, 4.69) is 35.7 Å². The molecule has 0 amide bonds. The zero-order chi connectivity index (χ0) is 26.9. The van der Waals surface area contributed by atoms with Gasteiger partial charge in [-0.15, -0.1) is 0 Å². The molecule has 196 valence electrons. The van der Waals surface area contributed by atoms with Crippen molar-refractivity contribution in [3.8, 4) is 11.5 Å². The summed E-state index contributed by atoms with van der Waals surface area (Å²) in [4.78, 5) is 15.1. The zero-order valence-electron chi connectivity index (χ0n) is 21.0. The number of rotatable bonds is 10. The zero-order valence-corrected chi connectivity index (χ0v) is 21.8. The Balaban J connectivity index is 1.45. The van der Waals surface area contributed by atoms with Crippen molar-refractivity contribution < 1.29 is 9.13 Å². The Morgan fingerprint density at radius 2 is 2.00 bits per heavy atom. The Morgan fingerprint density at radius 3 is 2.79 bits per heavy atom. The number of hydrazone groups is 1. The van der Waals surface area contributed by atoms with Crippen LogP contribution >= 0.6 is 11.6 Å². The lowest BCUT2D eigenvalue weighted by Gasteiger charge is -2.12. The van der Waals surface area contributed by atoms with Gasteiger partial charge in [0.2, 0.25) is 5.96 Å². The average Bonchev–Trinajstić information content (AvgIpc) is 2.88. The molecule has 0 bridgehead atoms. The molecule has 0 aliphatic carbocycles. The van der Waals surface area contributed by atoms with E-state index in [9.17, 15) is 4.39 Å². The van der Waals surface area contributed by atoms with Crippen molar-refractivity contribution >= 4 is 46.2 Å². The molecule has 0 fully saturated rings. The normalized spacial score (nSPS) is 11.9. The number of ether oxygens (including phenoxy) is 1. The van der Waals surface area contributed by atoms with E-state index in [0.717, 1.165) is 29.4 Å². The van der Waals surface area contributed by atoms with Gasteiger partial charge in [0.25, 0.3) is 0 Å². The molecule has 0 radical (unpaired) electrons. The molecule has 0 spiro atoms. The number of anilines is 2. The van der Waals surface area contributed by atoms with Gasteiger partial charge in [-0.05, 0) is 75.1 Å². The monoisotopic (exact) mass is 534 g/mol. The van der Waals surface area contributed by atoms with Gasteiger partial charge >= 0.3 is 0 Å². The molecule has 3 aromatic carbocycles. The fraction of sp³-hybridized carbons (Fsp3) is 0.185. The topological polar surface area (TPSA) is 113 Å². The lowest BCUT2D eigenvalue weighted by molar-refractivity contribution is 0.403. The fourth-order valence-electron chi connectivity index (χ4n) is 3.50. The third-order valence-corrected chi connectivity index (χ3v) is 5.61. The van der Waals surface area contributed by atoms with Crippen LogP contribution in [0, 0.1) is 5.82 Å². The number of nitrogens with two attached hydrogens (primary N) is 1. The number of nitrogens with one attached hydrogen (secondary N) is 2. The van der Waals surface area contributed by atoms with Gasteiger partial charge < -0.3 is 20.7 Å². The van der Waals surface area contributed by atoms with Gasteiger partial charge in [0.05, 0.1) is 16.8 Å². The average molecular weight is 535 g/mol. The second-order valence-corrected chi connectivity index (χ2v) is 9.03. The summed E-state index contributed by atoms with van der Waals surface area (Å²) in [5, 5.41) is 8.60. The second-order valence-electron chi connectivity index (χ2n) is 8.62. The number of guanidine groups is 1. The minimum absolute atomic E-state index is 0.258. The quantitative estimate of drug-likeness (QED) is 0.112. The Hall–Kier alpha value is -4.28. The Kier molecular flexibility index (Phi) is 9.02. The lowest BCUT2D eigenvalue weighted by atomic mass is 10.1. The predicted molar refractivity (Wildman–Crippen MR) is 151 cm³/mol. The maximum atomic E-state index is 13.5. The van der Waals surface area contributed by atoms with Gasteiger partial charge in [-0.2, -0.15) is 5.10 Å². The first-order valence-electron chi connectivity index (χ1n) is 11.9. The SMILES string of the molecule is CN(C)CCCN=C(N)NN=Cc1ccc2ncnc(Nc3ccc(Oc4cccc(F)c4)c(Cl)c3)c2c1. The first-order valence-corrected chi connectivity index (χ1v) is 12.2. The minimum atomic E-state index is -0.389. The predicted octanol–water partition coefficient (Wildman–Crippen LogP) is 5.15. The summed E-state index contributed by atoms with van der Waals surface area (Å²) < 4.78 is 19.2. The Bertz CT molecular complexity index is 1460. The van der Waals surface area contributed by atoms with E-state index in [0.29, 0.717) is 34.6 Å². The molecule has 1 heterocycles. The number of hydrogen-bond acceptors (Lipinski definition) is 7. The highest BCUT2D eigenvalue weighted by atomic mass is 35.5. The molecule has 0 saturated heterocycles. The van der Waals surface area contributed by atoms with Gasteiger partial charge in [-0.3, -0.25) is 4.99 Å². The first kappa shape index (κ1) is 26.8. The fourth-order valence-corrected chi connectivity index (χ4v) is 3.72. The van der Waals surface area contributed by atoms with E-state index in [4.69, 9.17) is 22.1 Å². The van der Waals surface area contributed by atoms with Crippen LogP contribution in [0.25, 0.3) is 10.9 Å². The molecule has 0 atom stereocenters. The van der Waals surface area contributed by atoms with Gasteiger partial charge in [0.15, 0.2) is 0 Å². The third-order valence-electron chi connectivity index (χ3n) is 5.32. The van der Waals surface area contributed by atoms with Crippen LogP contribution in [-0.4, -0.2) is 54.2 Å². The number of hydrogen-bond donors (Lipinski definition) is 3. The summed E-state index contributed by atoms with van der Waals surface area (Å²) in [6.07, 6.45) is 4.04. The summed E-state index contributed by atoms with van der Waals surface area (Å²) in [6.45, 7) is 1.56. The minimum Gasteiger partial charge on any atom is -0.456 e. The molecule has 0 saturated carbocycles. The molecule has 0 unspecified atom stereocenters. The molecule has 4 aromatic rings. The third kappa shape index (κ3) is 7.61. The smallest absolute Gasteiger partial charge is 0.209 e. The highest BCUT2D eigenvalue weighted by Gasteiger charge is 2.09. The molecular weight excluding hydrogens is 507 g/mol. The summed E-state index contributed by atoms with van der Waals surface area (Å²) in [7, 11) is 4.03. The van der Waals surface area contributed by atoms with Crippen LogP contribution in [0.4, 0.5) is 15.9 Å². The highest BCUT2D eigenvalue weighted by molar-refractivity contribution is 6.32. The van der Waals surface area contributed by atoms with Crippen molar-refractivity contribution in [3.05, 3.63) is 83.4 Å². The molecule has 4 rings (SSSR count).